The van der Waals surface area contributed by atoms with E-state index in [0.29, 0.717) is 5.41 Å². The smallest absolute Gasteiger partial charge is 0.00415 e. The minimum absolute atomic E-state index is 0.593. The molecule has 0 heterocycles. The first kappa shape index (κ1) is 8.52. The first-order valence-corrected chi connectivity index (χ1v) is 5.86. The molecular weight excluding hydrogens is 168 g/mol. The lowest BCUT2D eigenvalue weighted by atomic mass is 9.76. The summed E-state index contributed by atoms with van der Waals surface area (Å²) in [6.45, 7) is 2.27. The summed E-state index contributed by atoms with van der Waals surface area (Å²) in [6, 6.07) is 9.01. The third-order valence-electron chi connectivity index (χ3n) is 4.46. The van der Waals surface area contributed by atoms with E-state index in [9.17, 15) is 0 Å². The van der Waals surface area contributed by atoms with Crippen molar-refractivity contribution in [3.63, 3.8) is 0 Å². The molecule has 0 amide bonds. The van der Waals surface area contributed by atoms with Crippen LogP contribution in [-0.2, 0) is 5.41 Å². The lowest BCUT2D eigenvalue weighted by molar-refractivity contribution is 0.417. The van der Waals surface area contributed by atoms with E-state index < -0.39 is 0 Å². The van der Waals surface area contributed by atoms with Crippen LogP contribution in [0.4, 0.5) is 0 Å². The van der Waals surface area contributed by atoms with Crippen LogP contribution in [0, 0.1) is 12.8 Å². The zero-order valence-electron chi connectivity index (χ0n) is 8.92. The van der Waals surface area contributed by atoms with Crippen LogP contribution in [-0.4, -0.2) is 0 Å². The molecule has 14 heavy (non-hydrogen) atoms. The van der Waals surface area contributed by atoms with Gasteiger partial charge in [-0.2, -0.15) is 0 Å². The molecule has 0 aromatic heterocycles. The topological polar surface area (TPSA) is 0 Å². The van der Waals surface area contributed by atoms with Gasteiger partial charge in [-0.15, -0.1) is 0 Å². The Kier molecular flexibility index (Phi) is 1.74. The molecular formula is C14H18. The molecule has 2 fully saturated rings. The number of hydrogen-bond acceptors (Lipinski definition) is 0. The summed E-state index contributed by atoms with van der Waals surface area (Å²) in [7, 11) is 0. The van der Waals surface area contributed by atoms with Gasteiger partial charge >= 0.3 is 0 Å². The number of rotatable bonds is 1. The predicted octanol–water partition coefficient (Wildman–Crippen LogP) is 3.83. The fourth-order valence-electron chi connectivity index (χ4n) is 3.74. The Morgan fingerprint density at radius 3 is 2.43 bits per heavy atom. The van der Waals surface area contributed by atoms with Crippen molar-refractivity contribution >= 4 is 0 Å². The summed E-state index contributed by atoms with van der Waals surface area (Å²) in [4.78, 5) is 0. The molecule has 0 atom stereocenters. The summed E-state index contributed by atoms with van der Waals surface area (Å²) in [5.41, 5.74) is 3.76. The fourth-order valence-corrected chi connectivity index (χ4v) is 3.74. The lowest BCUT2D eigenvalue weighted by Gasteiger charge is -2.28. The summed E-state index contributed by atoms with van der Waals surface area (Å²) in [5, 5.41) is 0. The van der Waals surface area contributed by atoms with Crippen molar-refractivity contribution in [3.05, 3.63) is 35.4 Å². The van der Waals surface area contributed by atoms with Gasteiger partial charge in [0.15, 0.2) is 0 Å². The Bertz CT molecular complexity index is 343. The van der Waals surface area contributed by atoms with Crippen molar-refractivity contribution in [2.45, 2.75) is 44.4 Å². The van der Waals surface area contributed by atoms with Crippen LogP contribution in [0.25, 0.3) is 0 Å². The Balaban J connectivity index is 2.06. The predicted molar refractivity (Wildman–Crippen MR) is 59.4 cm³/mol. The van der Waals surface area contributed by atoms with Gasteiger partial charge in [0.1, 0.15) is 0 Å². The third-order valence-corrected chi connectivity index (χ3v) is 4.46. The highest BCUT2D eigenvalue weighted by molar-refractivity contribution is 5.35. The van der Waals surface area contributed by atoms with Crippen molar-refractivity contribution in [1.82, 2.24) is 0 Å². The second kappa shape index (κ2) is 2.85. The Labute approximate surface area is 86.3 Å². The van der Waals surface area contributed by atoms with Crippen molar-refractivity contribution in [2.24, 2.45) is 5.92 Å². The minimum Gasteiger partial charge on any atom is -0.0620 e. The highest BCUT2D eigenvalue weighted by atomic mass is 14.5. The summed E-state index contributed by atoms with van der Waals surface area (Å²) in [6.07, 6.45) is 7.32. The molecule has 0 nitrogen and oxygen atoms in total. The molecule has 2 saturated carbocycles. The van der Waals surface area contributed by atoms with Gasteiger partial charge in [-0.25, -0.2) is 0 Å². The molecule has 1 aromatic rings. The molecule has 2 aliphatic rings. The van der Waals surface area contributed by atoms with Crippen LogP contribution in [0.5, 0.6) is 0 Å². The van der Waals surface area contributed by atoms with E-state index in [0.717, 1.165) is 5.92 Å². The average molecular weight is 186 g/mol. The van der Waals surface area contributed by atoms with Gasteiger partial charge < -0.3 is 0 Å². The normalized spacial score (nSPS) is 35.1. The van der Waals surface area contributed by atoms with Gasteiger partial charge in [0.2, 0.25) is 0 Å². The van der Waals surface area contributed by atoms with E-state index in [1.54, 1.807) is 5.56 Å². The molecule has 0 heteroatoms. The first-order chi connectivity index (χ1) is 6.80. The van der Waals surface area contributed by atoms with Crippen LogP contribution in [0.2, 0.25) is 0 Å². The second-order valence-corrected chi connectivity index (χ2v) is 5.24. The number of fused-ring (bicyclic) bond motifs is 2. The van der Waals surface area contributed by atoms with Crippen LogP contribution >= 0.6 is 0 Å². The Morgan fingerprint density at radius 2 is 1.86 bits per heavy atom. The van der Waals surface area contributed by atoms with Gasteiger partial charge in [0, 0.05) is 0 Å². The largest absolute Gasteiger partial charge is 0.0620 e. The molecule has 1 aromatic carbocycles. The van der Waals surface area contributed by atoms with Crippen LogP contribution < -0.4 is 0 Å². The maximum absolute atomic E-state index is 2.36. The van der Waals surface area contributed by atoms with E-state index in [2.05, 4.69) is 31.2 Å². The quantitative estimate of drug-likeness (QED) is 0.625. The molecule has 0 unspecified atom stereocenters. The van der Waals surface area contributed by atoms with Gasteiger partial charge in [0.25, 0.3) is 0 Å². The molecule has 3 rings (SSSR count). The first-order valence-electron chi connectivity index (χ1n) is 5.86. The zero-order valence-corrected chi connectivity index (χ0v) is 8.92. The maximum atomic E-state index is 2.36. The van der Waals surface area contributed by atoms with E-state index in [4.69, 9.17) is 0 Å². The minimum atomic E-state index is 0.593. The van der Waals surface area contributed by atoms with Crippen molar-refractivity contribution in [2.75, 3.05) is 0 Å². The molecule has 2 aliphatic carbocycles. The third kappa shape index (κ3) is 1.06. The summed E-state index contributed by atoms with van der Waals surface area (Å²) >= 11 is 0. The van der Waals surface area contributed by atoms with Crippen molar-refractivity contribution < 1.29 is 0 Å². The van der Waals surface area contributed by atoms with Gasteiger partial charge in [0.05, 0.1) is 0 Å². The number of aryl methyl sites for hydroxylation is 1. The molecule has 0 spiro atoms. The van der Waals surface area contributed by atoms with E-state index >= 15 is 0 Å². The Hall–Kier alpha value is -0.780. The SMILES string of the molecule is Cc1ccccc1C12CCC(CC1)C2. The maximum Gasteiger partial charge on any atom is -0.00415 e. The van der Waals surface area contributed by atoms with E-state index in [1.165, 1.54) is 37.7 Å². The van der Waals surface area contributed by atoms with Gasteiger partial charge in [-0.05, 0) is 61.5 Å². The van der Waals surface area contributed by atoms with Crippen LogP contribution in [0.15, 0.2) is 24.3 Å². The van der Waals surface area contributed by atoms with Crippen molar-refractivity contribution in [3.8, 4) is 0 Å². The second-order valence-electron chi connectivity index (χ2n) is 5.24. The van der Waals surface area contributed by atoms with Crippen LogP contribution in [0.1, 0.15) is 43.2 Å². The molecule has 0 aliphatic heterocycles. The molecule has 0 N–H and O–H groups in total. The summed E-state index contributed by atoms with van der Waals surface area (Å²) in [5.74, 6) is 1.05. The highest BCUT2D eigenvalue weighted by Gasteiger charge is 2.46. The zero-order chi connectivity index (χ0) is 9.60. The van der Waals surface area contributed by atoms with Gasteiger partial charge in [-0.1, -0.05) is 24.3 Å². The number of benzene rings is 1. The molecule has 0 radical (unpaired) electrons. The monoisotopic (exact) mass is 186 g/mol. The summed E-state index contributed by atoms with van der Waals surface area (Å²) < 4.78 is 0. The molecule has 2 bridgehead atoms. The van der Waals surface area contributed by atoms with Crippen molar-refractivity contribution in [1.29, 1.82) is 0 Å². The standard InChI is InChI=1S/C14H18/c1-11-4-2-3-5-13(11)14-8-6-12(10-14)7-9-14/h2-5,12H,6-10H2,1H3. The highest BCUT2D eigenvalue weighted by Crippen LogP contribution is 2.55. The number of hydrogen-bond donors (Lipinski definition) is 0. The lowest BCUT2D eigenvalue weighted by Crippen LogP contribution is -2.20. The van der Waals surface area contributed by atoms with E-state index in [1.807, 2.05) is 0 Å². The Morgan fingerprint density at radius 1 is 1.14 bits per heavy atom. The fraction of sp³-hybridized carbons (Fsp3) is 0.571. The van der Waals surface area contributed by atoms with Crippen LogP contribution in [0.3, 0.4) is 0 Å². The molecule has 0 saturated heterocycles. The average Bonchev–Trinajstić information content (AvgIpc) is 2.79. The van der Waals surface area contributed by atoms with E-state index in [-0.39, 0.29) is 0 Å². The molecule has 74 valence electrons. The van der Waals surface area contributed by atoms with Gasteiger partial charge in [-0.3, -0.25) is 0 Å².